The topological polar surface area (TPSA) is 63.9 Å². The quantitative estimate of drug-likeness (QED) is 0.463. The number of nitrogens with zero attached hydrogens (tertiary/aromatic N) is 1. The van der Waals surface area contributed by atoms with Crippen molar-refractivity contribution in [2.24, 2.45) is 0 Å². The van der Waals surface area contributed by atoms with Crippen molar-refractivity contribution in [3.63, 3.8) is 0 Å². The number of aromatic nitrogens is 2. The van der Waals surface area contributed by atoms with Gasteiger partial charge in [0, 0.05) is 11.3 Å². The summed E-state index contributed by atoms with van der Waals surface area (Å²) in [5.74, 6) is 0.916. The average molecular weight is 383 g/mol. The van der Waals surface area contributed by atoms with E-state index in [2.05, 4.69) is 9.97 Å². The third-order valence-electron chi connectivity index (χ3n) is 4.36. The van der Waals surface area contributed by atoms with Crippen molar-refractivity contribution in [1.29, 1.82) is 0 Å². The molecule has 0 aliphatic carbocycles. The molecule has 0 saturated carbocycles. The molecule has 4 nitrogen and oxygen atoms in total. The molecule has 28 heavy (non-hydrogen) atoms. The summed E-state index contributed by atoms with van der Waals surface area (Å²) < 4.78 is 43.4. The monoisotopic (exact) mass is 383 g/mol. The maximum Gasteiger partial charge on any atom is 0.416 e. The van der Waals surface area contributed by atoms with Crippen LogP contribution in [0.25, 0.3) is 22.2 Å². The van der Waals surface area contributed by atoms with Gasteiger partial charge in [0.25, 0.3) is 0 Å². The van der Waals surface area contributed by atoms with Gasteiger partial charge >= 0.3 is 6.18 Å². The van der Waals surface area contributed by atoms with Crippen LogP contribution in [0.4, 0.5) is 18.9 Å². The van der Waals surface area contributed by atoms with E-state index >= 15 is 0 Å². The van der Waals surface area contributed by atoms with Gasteiger partial charge in [0.2, 0.25) is 0 Å². The lowest BCUT2D eigenvalue weighted by Gasteiger charge is -2.08. The van der Waals surface area contributed by atoms with Crippen LogP contribution in [-0.2, 0) is 12.8 Å². The minimum atomic E-state index is -4.36. The van der Waals surface area contributed by atoms with E-state index in [1.165, 1.54) is 12.1 Å². The van der Waals surface area contributed by atoms with Gasteiger partial charge in [0.1, 0.15) is 18.2 Å². The lowest BCUT2D eigenvalue weighted by molar-refractivity contribution is -0.137. The zero-order chi connectivity index (χ0) is 19.7. The minimum Gasteiger partial charge on any atom is -0.486 e. The van der Waals surface area contributed by atoms with E-state index < -0.39 is 11.7 Å². The Kier molecular flexibility index (Phi) is 4.43. The number of anilines is 1. The van der Waals surface area contributed by atoms with Gasteiger partial charge in [-0.1, -0.05) is 24.3 Å². The van der Waals surface area contributed by atoms with Crippen molar-refractivity contribution in [2.45, 2.75) is 12.8 Å². The zero-order valence-corrected chi connectivity index (χ0v) is 14.6. The number of halogens is 3. The maximum absolute atomic E-state index is 12.6. The Morgan fingerprint density at radius 2 is 1.71 bits per heavy atom. The van der Waals surface area contributed by atoms with Crippen molar-refractivity contribution >= 4 is 16.7 Å². The molecule has 0 bridgehead atoms. The summed E-state index contributed by atoms with van der Waals surface area (Å²) in [6.45, 7) is 0.114. The Labute approximate surface area is 158 Å². The summed E-state index contributed by atoms with van der Waals surface area (Å²) in [7, 11) is 0. The molecule has 4 rings (SSSR count). The Morgan fingerprint density at radius 1 is 0.964 bits per heavy atom. The number of nitrogens with one attached hydrogen (secondary N) is 1. The Morgan fingerprint density at radius 3 is 2.43 bits per heavy atom. The van der Waals surface area contributed by atoms with E-state index in [1.807, 2.05) is 42.5 Å². The fourth-order valence-electron chi connectivity index (χ4n) is 2.95. The third-order valence-corrected chi connectivity index (χ3v) is 4.36. The maximum atomic E-state index is 12.6. The van der Waals surface area contributed by atoms with Crippen LogP contribution in [0.2, 0.25) is 0 Å². The molecule has 0 aliphatic heterocycles. The fraction of sp³-hybridized carbons (Fsp3) is 0.0952. The molecule has 3 aromatic carbocycles. The predicted molar refractivity (Wildman–Crippen MR) is 102 cm³/mol. The van der Waals surface area contributed by atoms with Gasteiger partial charge < -0.3 is 15.5 Å². The third kappa shape index (κ3) is 3.64. The van der Waals surface area contributed by atoms with E-state index in [0.717, 1.165) is 34.3 Å². The molecular formula is C21H16F3N3O. The normalized spacial score (nSPS) is 11.7. The number of para-hydroxylation sites is 1. The highest BCUT2D eigenvalue weighted by atomic mass is 19.4. The molecule has 1 aromatic heterocycles. The number of alkyl halides is 3. The number of benzene rings is 3. The second-order valence-corrected chi connectivity index (χ2v) is 6.31. The van der Waals surface area contributed by atoms with Gasteiger partial charge in [-0.3, -0.25) is 0 Å². The molecule has 3 N–H and O–H groups in total. The highest BCUT2D eigenvalue weighted by Gasteiger charge is 2.30. The van der Waals surface area contributed by atoms with E-state index in [0.29, 0.717) is 17.3 Å². The molecule has 0 fully saturated rings. The van der Waals surface area contributed by atoms with Gasteiger partial charge in [0.05, 0.1) is 16.6 Å². The first-order chi connectivity index (χ1) is 13.4. The summed E-state index contributed by atoms with van der Waals surface area (Å²) in [5, 5.41) is 0. The highest BCUT2D eigenvalue weighted by Crippen LogP contribution is 2.31. The summed E-state index contributed by atoms with van der Waals surface area (Å²) in [6.07, 6.45) is -4.36. The first-order valence-corrected chi connectivity index (χ1v) is 8.54. The largest absolute Gasteiger partial charge is 0.486 e. The smallest absolute Gasteiger partial charge is 0.416 e. The number of aromatic amines is 1. The number of hydrogen-bond donors (Lipinski definition) is 2. The molecule has 7 heteroatoms. The van der Waals surface area contributed by atoms with E-state index in [4.69, 9.17) is 10.5 Å². The molecule has 142 valence electrons. The van der Waals surface area contributed by atoms with E-state index in [9.17, 15) is 13.2 Å². The molecule has 4 aromatic rings. The number of fused-ring (bicyclic) bond motifs is 1. The lowest BCUT2D eigenvalue weighted by Crippen LogP contribution is -2.04. The average Bonchev–Trinajstić information content (AvgIpc) is 3.08. The minimum absolute atomic E-state index is 0.114. The number of hydrogen-bond acceptors (Lipinski definition) is 3. The number of H-pyrrole nitrogens is 1. The van der Waals surface area contributed by atoms with Crippen LogP contribution >= 0.6 is 0 Å². The summed E-state index contributed by atoms with van der Waals surface area (Å²) >= 11 is 0. The Balaban J connectivity index is 1.51. The van der Waals surface area contributed by atoms with Crippen LogP contribution < -0.4 is 10.5 Å². The standard InChI is InChI=1S/C21H16F3N3O/c22-21(23,24)14-6-8-15(9-7-14)28-12-20-26-18-10-5-13(11-19(18)27-20)16-3-1-2-4-17(16)25/h1-11H,12,25H2,(H,26,27). The number of imidazole rings is 1. The van der Waals surface area contributed by atoms with Crippen LogP contribution in [0, 0.1) is 0 Å². The van der Waals surface area contributed by atoms with Gasteiger partial charge in [-0.25, -0.2) is 4.98 Å². The van der Waals surface area contributed by atoms with Crippen molar-refractivity contribution < 1.29 is 17.9 Å². The molecule has 1 heterocycles. The molecule has 0 amide bonds. The van der Waals surface area contributed by atoms with Gasteiger partial charge in [-0.15, -0.1) is 0 Å². The predicted octanol–water partition coefficient (Wildman–Crippen LogP) is 5.41. The fourth-order valence-corrected chi connectivity index (χ4v) is 2.95. The van der Waals surface area contributed by atoms with Crippen LogP contribution in [0.15, 0.2) is 66.7 Å². The molecular weight excluding hydrogens is 367 g/mol. The van der Waals surface area contributed by atoms with Gasteiger partial charge in [-0.05, 0) is 48.0 Å². The molecule has 0 unspecified atom stereocenters. The summed E-state index contributed by atoms with van der Waals surface area (Å²) in [4.78, 5) is 7.62. The number of nitrogen functional groups attached to an aromatic ring is 1. The molecule has 0 spiro atoms. The van der Waals surface area contributed by atoms with Gasteiger partial charge in [-0.2, -0.15) is 13.2 Å². The van der Waals surface area contributed by atoms with Crippen molar-refractivity contribution in [3.05, 3.63) is 78.1 Å². The molecule has 0 aliphatic rings. The SMILES string of the molecule is Nc1ccccc1-c1ccc2nc(COc3ccc(C(F)(F)F)cc3)[nH]c2c1. The first-order valence-electron chi connectivity index (χ1n) is 8.54. The van der Waals surface area contributed by atoms with Crippen LogP contribution in [0.3, 0.4) is 0 Å². The number of nitrogens with two attached hydrogens (primary N) is 1. The van der Waals surface area contributed by atoms with Crippen LogP contribution in [-0.4, -0.2) is 9.97 Å². The Bertz CT molecular complexity index is 1120. The number of ether oxygens (including phenoxy) is 1. The highest BCUT2D eigenvalue weighted by molar-refractivity contribution is 5.85. The summed E-state index contributed by atoms with van der Waals surface area (Å²) in [5.41, 5.74) is 9.50. The van der Waals surface area contributed by atoms with Crippen LogP contribution in [0.1, 0.15) is 11.4 Å². The second kappa shape index (κ2) is 6.92. The van der Waals surface area contributed by atoms with Crippen molar-refractivity contribution in [3.8, 4) is 16.9 Å². The van der Waals surface area contributed by atoms with Crippen molar-refractivity contribution in [2.75, 3.05) is 5.73 Å². The lowest BCUT2D eigenvalue weighted by atomic mass is 10.0. The summed E-state index contributed by atoms with van der Waals surface area (Å²) in [6, 6.07) is 17.9. The van der Waals surface area contributed by atoms with E-state index in [1.54, 1.807) is 0 Å². The van der Waals surface area contributed by atoms with Gasteiger partial charge in [0.15, 0.2) is 0 Å². The number of rotatable bonds is 4. The van der Waals surface area contributed by atoms with Crippen LogP contribution in [0.5, 0.6) is 5.75 Å². The van der Waals surface area contributed by atoms with E-state index in [-0.39, 0.29) is 6.61 Å². The Hall–Kier alpha value is -3.48. The van der Waals surface area contributed by atoms with Crippen molar-refractivity contribution in [1.82, 2.24) is 9.97 Å². The molecule has 0 radical (unpaired) electrons. The molecule has 0 atom stereocenters. The first kappa shape index (κ1) is 17.9. The zero-order valence-electron chi connectivity index (χ0n) is 14.6. The second-order valence-electron chi connectivity index (χ2n) is 6.31. The molecule has 0 saturated heterocycles.